The number of fused-ring (bicyclic) bond motifs is 1. The minimum atomic E-state index is -0.282. The van der Waals surface area contributed by atoms with Gasteiger partial charge in [0.05, 0.1) is 13.2 Å². The molecule has 2 aliphatic rings. The van der Waals surface area contributed by atoms with Crippen LogP contribution < -0.4 is 4.74 Å². The van der Waals surface area contributed by atoms with E-state index in [2.05, 4.69) is 30.0 Å². The highest BCUT2D eigenvalue weighted by molar-refractivity contribution is 5.74. The number of hydrogen-bond donors (Lipinski definition) is 0. The molecule has 148 valence electrons. The number of methoxy groups -OCH3 is 1. The largest absolute Gasteiger partial charge is 0.496 e. The first-order chi connectivity index (χ1) is 13.5. The maximum absolute atomic E-state index is 13.5. The Kier molecular flexibility index (Phi) is 5.11. The lowest BCUT2D eigenvalue weighted by molar-refractivity contribution is -0.130. The molecule has 28 heavy (non-hydrogen) atoms. The van der Waals surface area contributed by atoms with Gasteiger partial charge in [0.15, 0.2) is 0 Å². The minimum Gasteiger partial charge on any atom is -0.496 e. The summed E-state index contributed by atoms with van der Waals surface area (Å²) >= 11 is 0. The molecule has 0 spiro atoms. The van der Waals surface area contributed by atoms with Gasteiger partial charge in [-0.1, -0.05) is 30.3 Å². The molecule has 0 bridgehead atoms. The molecular weight excluding hydrogens is 355 g/mol. The lowest BCUT2D eigenvalue weighted by atomic mass is 9.87. The first kappa shape index (κ1) is 18.9. The van der Waals surface area contributed by atoms with Crippen LogP contribution in [0.25, 0.3) is 0 Å². The van der Waals surface area contributed by atoms with Crippen molar-refractivity contribution in [2.75, 3.05) is 26.7 Å². The van der Waals surface area contributed by atoms with Crippen LogP contribution in [0.15, 0.2) is 42.5 Å². The van der Waals surface area contributed by atoms with Crippen molar-refractivity contribution >= 4 is 5.91 Å². The second-order valence-electron chi connectivity index (χ2n) is 8.05. The lowest BCUT2D eigenvalue weighted by Crippen LogP contribution is -2.34. The molecule has 0 unspecified atom stereocenters. The van der Waals surface area contributed by atoms with E-state index in [9.17, 15) is 9.18 Å². The van der Waals surface area contributed by atoms with E-state index in [-0.39, 0.29) is 17.8 Å². The van der Waals surface area contributed by atoms with Crippen LogP contribution >= 0.6 is 0 Å². The molecule has 0 radical (unpaired) electrons. The van der Waals surface area contributed by atoms with E-state index in [0.29, 0.717) is 17.6 Å². The third-order valence-corrected chi connectivity index (χ3v) is 6.29. The second kappa shape index (κ2) is 7.55. The number of hydrogen-bond acceptors (Lipinski definition) is 3. The third kappa shape index (κ3) is 3.39. The van der Waals surface area contributed by atoms with Crippen LogP contribution in [0.3, 0.4) is 0 Å². The molecule has 2 saturated heterocycles. The van der Waals surface area contributed by atoms with Gasteiger partial charge in [0.1, 0.15) is 11.6 Å². The van der Waals surface area contributed by atoms with E-state index in [1.807, 2.05) is 17.0 Å². The Labute approximate surface area is 165 Å². The smallest absolute Gasteiger partial charge is 0.219 e. The zero-order valence-electron chi connectivity index (χ0n) is 16.7. The van der Waals surface area contributed by atoms with Gasteiger partial charge in [-0.3, -0.25) is 9.69 Å². The van der Waals surface area contributed by atoms with Crippen LogP contribution in [0.5, 0.6) is 5.75 Å². The topological polar surface area (TPSA) is 32.8 Å². The van der Waals surface area contributed by atoms with E-state index in [0.717, 1.165) is 31.7 Å². The van der Waals surface area contributed by atoms with Crippen LogP contribution in [0.4, 0.5) is 4.39 Å². The highest BCUT2D eigenvalue weighted by Gasteiger charge is 2.48. The van der Waals surface area contributed by atoms with Gasteiger partial charge in [-0.2, -0.15) is 0 Å². The monoisotopic (exact) mass is 382 g/mol. The molecule has 5 heteroatoms. The fourth-order valence-corrected chi connectivity index (χ4v) is 5.00. The molecule has 0 N–H and O–H groups in total. The van der Waals surface area contributed by atoms with E-state index in [4.69, 9.17) is 4.74 Å². The quantitative estimate of drug-likeness (QED) is 0.807. The van der Waals surface area contributed by atoms with Crippen LogP contribution in [-0.4, -0.2) is 42.5 Å². The van der Waals surface area contributed by atoms with Gasteiger partial charge in [0, 0.05) is 50.7 Å². The van der Waals surface area contributed by atoms with Crippen molar-refractivity contribution < 1.29 is 13.9 Å². The molecule has 2 aromatic carbocycles. The Balaban J connectivity index is 1.57. The summed E-state index contributed by atoms with van der Waals surface area (Å²) in [4.78, 5) is 16.8. The molecule has 2 aromatic rings. The fourth-order valence-electron chi connectivity index (χ4n) is 5.00. The number of amides is 1. The zero-order chi connectivity index (χ0) is 19.8. The summed E-state index contributed by atoms with van der Waals surface area (Å²) < 4.78 is 18.9. The number of nitrogens with zero attached hydrogens (tertiary/aromatic N) is 2. The van der Waals surface area contributed by atoms with E-state index in [1.165, 1.54) is 23.3 Å². The number of benzene rings is 2. The molecule has 1 amide bonds. The third-order valence-electron chi connectivity index (χ3n) is 6.29. The van der Waals surface area contributed by atoms with Crippen molar-refractivity contribution in [3.05, 3.63) is 65.0 Å². The summed E-state index contributed by atoms with van der Waals surface area (Å²) in [6, 6.07) is 13.3. The standard InChI is InChI=1S/C23H27FN2O2/c1-15-6-4-5-7-20(15)23-21-14-25(12-18(21)13-26(23)16(2)27)11-17-8-9-19(24)10-22(17)28-3/h4-10,18,21,23H,11-14H2,1-3H3/t18-,21-,23-/m1/s1. The molecule has 3 atom stereocenters. The molecule has 2 aliphatic heterocycles. The number of aryl methyl sites for hydroxylation is 1. The van der Waals surface area contributed by atoms with Gasteiger partial charge in [-0.05, 0) is 30.0 Å². The van der Waals surface area contributed by atoms with Crippen molar-refractivity contribution in [3.8, 4) is 5.75 Å². The molecule has 4 rings (SSSR count). The van der Waals surface area contributed by atoms with Gasteiger partial charge in [0.25, 0.3) is 0 Å². The molecule has 0 aromatic heterocycles. The van der Waals surface area contributed by atoms with Crippen LogP contribution in [0, 0.1) is 24.6 Å². The van der Waals surface area contributed by atoms with Gasteiger partial charge < -0.3 is 9.64 Å². The number of rotatable bonds is 4. The SMILES string of the molecule is COc1cc(F)ccc1CN1C[C@@H]2CN(C(C)=O)[C@H](c3ccccc3C)[C@@H]2C1. The summed E-state index contributed by atoms with van der Waals surface area (Å²) in [6.45, 7) is 7.20. The van der Waals surface area contributed by atoms with E-state index in [1.54, 1.807) is 14.0 Å². The average Bonchev–Trinajstić information content (AvgIpc) is 3.21. The molecule has 2 fully saturated rings. The number of carbonyl (C=O) groups is 1. The summed E-state index contributed by atoms with van der Waals surface area (Å²) in [5.74, 6) is 1.33. The van der Waals surface area contributed by atoms with Crippen molar-refractivity contribution in [2.45, 2.75) is 26.4 Å². The highest BCUT2D eigenvalue weighted by Crippen LogP contribution is 2.46. The van der Waals surface area contributed by atoms with Crippen LogP contribution in [0.2, 0.25) is 0 Å². The van der Waals surface area contributed by atoms with Gasteiger partial charge in [-0.25, -0.2) is 4.39 Å². The first-order valence-corrected chi connectivity index (χ1v) is 9.85. The Bertz CT molecular complexity index is 885. The maximum Gasteiger partial charge on any atom is 0.219 e. The Hall–Kier alpha value is -2.40. The van der Waals surface area contributed by atoms with Gasteiger partial charge >= 0.3 is 0 Å². The molecule has 2 heterocycles. The van der Waals surface area contributed by atoms with E-state index < -0.39 is 0 Å². The molecule has 0 saturated carbocycles. The normalized spacial score (nSPS) is 24.4. The average molecular weight is 382 g/mol. The predicted octanol–water partition coefficient (Wildman–Crippen LogP) is 3.79. The van der Waals surface area contributed by atoms with Crippen LogP contribution in [-0.2, 0) is 11.3 Å². The second-order valence-corrected chi connectivity index (χ2v) is 8.05. The summed E-state index contributed by atoms with van der Waals surface area (Å²) in [5.41, 5.74) is 3.49. The number of carbonyl (C=O) groups excluding carboxylic acids is 1. The number of halogens is 1. The minimum absolute atomic E-state index is 0.129. The number of likely N-dealkylation sites (tertiary alicyclic amines) is 2. The van der Waals surface area contributed by atoms with Gasteiger partial charge in [-0.15, -0.1) is 0 Å². The molecule has 4 nitrogen and oxygen atoms in total. The summed E-state index contributed by atoms with van der Waals surface area (Å²) in [6.07, 6.45) is 0. The maximum atomic E-state index is 13.5. The van der Waals surface area contributed by atoms with E-state index >= 15 is 0 Å². The molecule has 0 aliphatic carbocycles. The van der Waals surface area contributed by atoms with Crippen molar-refractivity contribution in [2.24, 2.45) is 11.8 Å². The Morgan fingerprint density at radius 3 is 2.68 bits per heavy atom. The zero-order valence-corrected chi connectivity index (χ0v) is 16.7. The predicted molar refractivity (Wildman–Crippen MR) is 107 cm³/mol. The fraction of sp³-hybridized carbons (Fsp3) is 0.435. The number of ether oxygens (including phenoxy) is 1. The van der Waals surface area contributed by atoms with Crippen LogP contribution in [0.1, 0.15) is 29.7 Å². The first-order valence-electron chi connectivity index (χ1n) is 9.85. The lowest BCUT2D eigenvalue weighted by Gasteiger charge is -2.30. The molecular formula is C23H27FN2O2. The van der Waals surface area contributed by atoms with Crippen molar-refractivity contribution in [1.29, 1.82) is 0 Å². The summed E-state index contributed by atoms with van der Waals surface area (Å²) in [7, 11) is 1.58. The van der Waals surface area contributed by atoms with Crippen molar-refractivity contribution in [3.63, 3.8) is 0 Å². The van der Waals surface area contributed by atoms with Gasteiger partial charge in [0.2, 0.25) is 5.91 Å². The Morgan fingerprint density at radius 2 is 1.96 bits per heavy atom. The Morgan fingerprint density at radius 1 is 1.18 bits per heavy atom. The summed E-state index contributed by atoms with van der Waals surface area (Å²) in [5, 5.41) is 0. The van der Waals surface area contributed by atoms with Crippen molar-refractivity contribution in [1.82, 2.24) is 9.80 Å². The highest BCUT2D eigenvalue weighted by atomic mass is 19.1.